The van der Waals surface area contributed by atoms with Gasteiger partial charge in [-0.2, -0.15) is 0 Å². The summed E-state index contributed by atoms with van der Waals surface area (Å²) in [5.74, 6) is -1.64. The van der Waals surface area contributed by atoms with Gasteiger partial charge in [0.1, 0.15) is 18.8 Å². The summed E-state index contributed by atoms with van der Waals surface area (Å²) < 4.78 is 32.0. The smallest absolute Gasteiger partial charge is 0.303 e. The first kappa shape index (κ1) is 20.3. The Labute approximate surface area is 140 Å². The van der Waals surface area contributed by atoms with Gasteiger partial charge in [-0.3, -0.25) is 14.4 Å². The molecule has 1 fully saturated rings. The third-order valence-corrected chi connectivity index (χ3v) is 3.24. The van der Waals surface area contributed by atoms with Crippen molar-refractivity contribution in [1.82, 2.24) is 0 Å². The predicted octanol–water partition coefficient (Wildman–Crippen LogP) is 0.189. The third-order valence-electron chi connectivity index (χ3n) is 3.24. The van der Waals surface area contributed by atoms with Crippen LogP contribution in [-0.4, -0.2) is 68.9 Å². The van der Waals surface area contributed by atoms with Gasteiger partial charge in [0.05, 0.1) is 0 Å². The van der Waals surface area contributed by atoms with Gasteiger partial charge < -0.3 is 28.4 Å². The zero-order valence-corrected chi connectivity index (χ0v) is 14.5. The Morgan fingerprint density at radius 1 is 0.917 bits per heavy atom. The topological polar surface area (TPSA) is 107 Å². The van der Waals surface area contributed by atoms with E-state index in [1.54, 1.807) is 6.92 Å². The molecule has 0 aromatic carbocycles. The zero-order valence-electron chi connectivity index (χ0n) is 14.5. The van der Waals surface area contributed by atoms with Gasteiger partial charge in [-0.15, -0.1) is 0 Å². The fourth-order valence-electron chi connectivity index (χ4n) is 2.43. The monoisotopic (exact) mass is 348 g/mol. The van der Waals surface area contributed by atoms with Crippen LogP contribution in [0, 0.1) is 0 Å². The molecule has 1 heterocycles. The van der Waals surface area contributed by atoms with E-state index in [1.807, 2.05) is 0 Å². The summed E-state index contributed by atoms with van der Waals surface area (Å²) in [6, 6.07) is 0. The molecule has 1 aliphatic rings. The molecule has 0 spiro atoms. The van der Waals surface area contributed by atoms with Crippen LogP contribution in [0.4, 0.5) is 0 Å². The third kappa shape index (κ3) is 5.73. The van der Waals surface area contributed by atoms with Crippen molar-refractivity contribution in [2.24, 2.45) is 0 Å². The van der Waals surface area contributed by atoms with E-state index in [4.69, 9.17) is 28.4 Å². The molecule has 0 unspecified atom stereocenters. The number of hydrogen-bond acceptors (Lipinski definition) is 9. The molecule has 0 aromatic rings. The van der Waals surface area contributed by atoms with E-state index in [0.29, 0.717) is 0 Å². The predicted molar refractivity (Wildman–Crippen MR) is 78.8 cm³/mol. The van der Waals surface area contributed by atoms with Crippen molar-refractivity contribution < 1.29 is 42.8 Å². The molecule has 5 atom stereocenters. The molecular formula is C15H24O9. The quantitative estimate of drug-likeness (QED) is 0.470. The standard InChI is InChI=1S/C15H24O9/c1-6-20-13-12(22-9(3)17)11(7-21-8(2)16)24-15(19-5)14(13)23-10(4)18/h11-15H,6-7H2,1-5H3/t11-,12-,13+,14+,15+/m1/s1. The summed E-state index contributed by atoms with van der Waals surface area (Å²) in [5, 5.41) is 0. The number of methoxy groups -OCH3 is 1. The second-order valence-corrected chi connectivity index (χ2v) is 5.15. The molecule has 0 radical (unpaired) electrons. The largest absolute Gasteiger partial charge is 0.463 e. The molecule has 0 bridgehead atoms. The highest BCUT2D eigenvalue weighted by molar-refractivity contribution is 5.67. The van der Waals surface area contributed by atoms with Crippen molar-refractivity contribution in [2.45, 2.75) is 58.4 Å². The number of carbonyl (C=O) groups is 3. The number of ether oxygens (including phenoxy) is 6. The molecule has 138 valence electrons. The lowest BCUT2D eigenvalue weighted by atomic mass is 9.98. The maximum atomic E-state index is 11.4. The molecule has 24 heavy (non-hydrogen) atoms. The van der Waals surface area contributed by atoms with Crippen molar-refractivity contribution in [3.8, 4) is 0 Å². The van der Waals surface area contributed by atoms with E-state index in [1.165, 1.54) is 27.9 Å². The van der Waals surface area contributed by atoms with E-state index in [9.17, 15) is 14.4 Å². The Kier molecular flexibility index (Phi) is 8.09. The highest BCUT2D eigenvalue weighted by Crippen LogP contribution is 2.29. The molecule has 0 saturated carbocycles. The van der Waals surface area contributed by atoms with Gasteiger partial charge in [-0.1, -0.05) is 0 Å². The first-order valence-corrected chi connectivity index (χ1v) is 7.57. The zero-order chi connectivity index (χ0) is 18.3. The highest BCUT2D eigenvalue weighted by atomic mass is 16.7. The van der Waals surface area contributed by atoms with Gasteiger partial charge >= 0.3 is 17.9 Å². The minimum Gasteiger partial charge on any atom is -0.463 e. The number of carbonyl (C=O) groups excluding carboxylic acids is 3. The fraction of sp³-hybridized carbons (Fsp3) is 0.800. The van der Waals surface area contributed by atoms with Gasteiger partial charge in [0.2, 0.25) is 0 Å². The van der Waals surface area contributed by atoms with Crippen LogP contribution in [0.15, 0.2) is 0 Å². The number of rotatable bonds is 7. The number of esters is 3. The average molecular weight is 348 g/mol. The Morgan fingerprint density at radius 2 is 1.50 bits per heavy atom. The Bertz CT molecular complexity index is 450. The lowest BCUT2D eigenvalue weighted by Crippen LogP contribution is -2.62. The molecule has 0 amide bonds. The van der Waals surface area contributed by atoms with Crippen LogP contribution < -0.4 is 0 Å². The minimum absolute atomic E-state index is 0.163. The second-order valence-electron chi connectivity index (χ2n) is 5.15. The van der Waals surface area contributed by atoms with E-state index in [2.05, 4.69) is 0 Å². The molecule has 0 N–H and O–H groups in total. The van der Waals surface area contributed by atoms with E-state index >= 15 is 0 Å². The fourth-order valence-corrected chi connectivity index (χ4v) is 2.43. The van der Waals surface area contributed by atoms with E-state index in [0.717, 1.165) is 0 Å². The molecule has 1 saturated heterocycles. The maximum Gasteiger partial charge on any atom is 0.303 e. The minimum atomic E-state index is -0.960. The van der Waals surface area contributed by atoms with Crippen LogP contribution >= 0.6 is 0 Å². The Morgan fingerprint density at radius 3 is 1.96 bits per heavy atom. The molecular weight excluding hydrogens is 324 g/mol. The first-order valence-electron chi connectivity index (χ1n) is 7.57. The summed E-state index contributed by atoms with van der Waals surface area (Å²) in [6.07, 6.45) is -4.49. The molecule has 1 aliphatic heterocycles. The van der Waals surface area contributed by atoms with Crippen molar-refractivity contribution >= 4 is 17.9 Å². The van der Waals surface area contributed by atoms with Gasteiger partial charge in [-0.05, 0) is 6.92 Å². The van der Waals surface area contributed by atoms with Crippen LogP contribution in [0.5, 0.6) is 0 Å². The van der Waals surface area contributed by atoms with Gasteiger partial charge in [-0.25, -0.2) is 0 Å². The van der Waals surface area contributed by atoms with Crippen molar-refractivity contribution in [3.63, 3.8) is 0 Å². The first-order chi connectivity index (χ1) is 11.3. The molecule has 0 aromatic heterocycles. The Hall–Kier alpha value is -1.71. The van der Waals surface area contributed by atoms with Gasteiger partial charge in [0.15, 0.2) is 18.5 Å². The van der Waals surface area contributed by atoms with Crippen molar-refractivity contribution in [1.29, 1.82) is 0 Å². The lowest BCUT2D eigenvalue weighted by Gasteiger charge is -2.44. The van der Waals surface area contributed by atoms with Crippen molar-refractivity contribution in [3.05, 3.63) is 0 Å². The summed E-state index contributed by atoms with van der Waals surface area (Å²) >= 11 is 0. The van der Waals surface area contributed by atoms with Crippen LogP contribution in [-0.2, 0) is 42.8 Å². The van der Waals surface area contributed by atoms with Crippen LogP contribution in [0.3, 0.4) is 0 Å². The van der Waals surface area contributed by atoms with Crippen LogP contribution in [0.2, 0.25) is 0 Å². The number of hydrogen-bond donors (Lipinski definition) is 0. The SMILES string of the molecule is CCO[C@@H]1[C@H](OC(C)=O)[C@@H](OC)O[C@H](COC(C)=O)[C@H]1OC(C)=O. The Balaban J connectivity index is 3.09. The summed E-state index contributed by atoms with van der Waals surface area (Å²) in [5.41, 5.74) is 0. The van der Waals surface area contributed by atoms with Crippen LogP contribution in [0.25, 0.3) is 0 Å². The summed E-state index contributed by atoms with van der Waals surface area (Å²) in [6.45, 7) is 5.57. The molecule has 9 nitrogen and oxygen atoms in total. The van der Waals surface area contributed by atoms with Gasteiger partial charge in [0.25, 0.3) is 0 Å². The summed E-state index contributed by atoms with van der Waals surface area (Å²) in [4.78, 5) is 33.9. The molecule has 9 heteroatoms. The second kappa shape index (κ2) is 9.55. The average Bonchev–Trinajstić information content (AvgIpc) is 2.48. The lowest BCUT2D eigenvalue weighted by molar-refractivity contribution is -0.306. The molecule has 1 rings (SSSR count). The van der Waals surface area contributed by atoms with E-state index < -0.39 is 48.6 Å². The maximum absolute atomic E-state index is 11.4. The highest BCUT2D eigenvalue weighted by Gasteiger charge is 2.51. The van der Waals surface area contributed by atoms with E-state index in [-0.39, 0.29) is 13.2 Å². The van der Waals surface area contributed by atoms with Crippen molar-refractivity contribution in [2.75, 3.05) is 20.3 Å². The summed E-state index contributed by atoms with van der Waals surface area (Å²) in [7, 11) is 1.37. The normalized spacial score (nSPS) is 29.6. The van der Waals surface area contributed by atoms with Gasteiger partial charge in [0, 0.05) is 34.5 Å². The van der Waals surface area contributed by atoms with Crippen LogP contribution in [0.1, 0.15) is 27.7 Å². The molecule has 0 aliphatic carbocycles.